The van der Waals surface area contributed by atoms with E-state index in [9.17, 15) is 0 Å². The van der Waals surface area contributed by atoms with Crippen molar-refractivity contribution in [1.82, 2.24) is 10.3 Å². The molecule has 0 radical (unpaired) electrons. The van der Waals surface area contributed by atoms with Crippen molar-refractivity contribution in [2.75, 3.05) is 11.5 Å². The molecule has 0 bridgehead atoms. The van der Waals surface area contributed by atoms with Gasteiger partial charge in [-0.15, -0.1) is 11.3 Å². The Bertz CT molecular complexity index is 266. The third kappa shape index (κ3) is 2.69. The second-order valence-corrected chi connectivity index (χ2v) is 5.42. The standard InChI is InChI=1S/C9H14N2S2/c1-7-5-13-9(11-7)4-10-8-2-3-12-6-8/h5,8,10H,2-4,6H2,1H3. The second kappa shape index (κ2) is 4.44. The Morgan fingerprint density at radius 2 is 2.62 bits per heavy atom. The van der Waals surface area contributed by atoms with Crippen molar-refractivity contribution in [1.29, 1.82) is 0 Å². The summed E-state index contributed by atoms with van der Waals surface area (Å²) < 4.78 is 0. The predicted molar refractivity (Wildman–Crippen MR) is 59.4 cm³/mol. The van der Waals surface area contributed by atoms with E-state index >= 15 is 0 Å². The first-order valence-corrected chi connectivity index (χ1v) is 6.60. The van der Waals surface area contributed by atoms with Crippen molar-refractivity contribution in [3.8, 4) is 0 Å². The van der Waals surface area contributed by atoms with Crippen molar-refractivity contribution >= 4 is 23.1 Å². The highest BCUT2D eigenvalue weighted by Crippen LogP contribution is 2.17. The van der Waals surface area contributed by atoms with E-state index in [1.54, 1.807) is 11.3 Å². The molecule has 1 aromatic rings. The van der Waals surface area contributed by atoms with Crippen LogP contribution in [-0.2, 0) is 6.54 Å². The normalized spacial score (nSPS) is 22.4. The molecule has 1 atom stereocenters. The quantitative estimate of drug-likeness (QED) is 0.833. The molecule has 1 N–H and O–H groups in total. The fraction of sp³-hybridized carbons (Fsp3) is 0.667. The second-order valence-electron chi connectivity index (χ2n) is 3.32. The fourth-order valence-electron chi connectivity index (χ4n) is 1.41. The zero-order valence-corrected chi connectivity index (χ0v) is 9.38. The largest absolute Gasteiger partial charge is 0.307 e. The van der Waals surface area contributed by atoms with Crippen LogP contribution in [0.5, 0.6) is 0 Å². The average molecular weight is 214 g/mol. The van der Waals surface area contributed by atoms with Crippen LogP contribution in [0.25, 0.3) is 0 Å². The van der Waals surface area contributed by atoms with Crippen molar-refractivity contribution in [3.05, 3.63) is 16.1 Å². The number of nitrogens with zero attached hydrogens (tertiary/aromatic N) is 1. The highest BCUT2D eigenvalue weighted by Gasteiger charge is 2.14. The summed E-state index contributed by atoms with van der Waals surface area (Å²) in [6, 6.07) is 0.717. The molecular formula is C9H14N2S2. The van der Waals surface area contributed by atoms with E-state index in [1.807, 2.05) is 18.7 Å². The predicted octanol–water partition coefficient (Wildman–Crippen LogP) is 2.05. The molecule has 1 saturated heterocycles. The monoisotopic (exact) mass is 214 g/mol. The van der Waals surface area contributed by atoms with Crippen LogP contribution in [0.2, 0.25) is 0 Å². The highest BCUT2D eigenvalue weighted by atomic mass is 32.2. The van der Waals surface area contributed by atoms with Gasteiger partial charge in [-0.3, -0.25) is 0 Å². The number of rotatable bonds is 3. The zero-order valence-electron chi connectivity index (χ0n) is 7.75. The molecule has 1 aliphatic rings. The van der Waals surface area contributed by atoms with Gasteiger partial charge in [0.15, 0.2) is 0 Å². The average Bonchev–Trinajstić information content (AvgIpc) is 2.71. The van der Waals surface area contributed by atoms with E-state index in [0.29, 0.717) is 6.04 Å². The molecule has 0 aliphatic carbocycles. The van der Waals surface area contributed by atoms with Gasteiger partial charge in [-0.1, -0.05) is 0 Å². The number of aromatic nitrogens is 1. The van der Waals surface area contributed by atoms with Gasteiger partial charge in [0, 0.05) is 29.4 Å². The maximum Gasteiger partial charge on any atom is 0.107 e. The minimum absolute atomic E-state index is 0.717. The smallest absolute Gasteiger partial charge is 0.107 e. The minimum Gasteiger partial charge on any atom is -0.307 e. The number of thioether (sulfide) groups is 1. The summed E-state index contributed by atoms with van der Waals surface area (Å²) in [6.07, 6.45) is 1.31. The molecule has 4 heteroatoms. The summed E-state index contributed by atoms with van der Waals surface area (Å²) in [4.78, 5) is 4.42. The van der Waals surface area contributed by atoms with E-state index in [2.05, 4.69) is 15.7 Å². The Balaban J connectivity index is 1.78. The maximum atomic E-state index is 4.42. The van der Waals surface area contributed by atoms with Crippen LogP contribution in [0.3, 0.4) is 0 Å². The topological polar surface area (TPSA) is 24.9 Å². The molecule has 13 heavy (non-hydrogen) atoms. The molecule has 0 aromatic carbocycles. The minimum atomic E-state index is 0.717. The van der Waals surface area contributed by atoms with Gasteiger partial charge in [0.2, 0.25) is 0 Å². The molecule has 1 aliphatic heterocycles. The van der Waals surface area contributed by atoms with Gasteiger partial charge in [0.1, 0.15) is 5.01 Å². The van der Waals surface area contributed by atoms with Crippen LogP contribution in [0.15, 0.2) is 5.38 Å². The van der Waals surface area contributed by atoms with Crippen LogP contribution < -0.4 is 5.32 Å². The molecule has 2 heterocycles. The Kier molecular flexibility index (Phi) is 3.24. The molecule has 1 unspecified atom stereocenters. The molecule has 1 aromatic heterocycles. The SMILES string of the molecule is Cc1csc(CNC2CCSC2)n1. The molecule has 0 saturated carbocycles. The Morgan fingerprint density at radius 3 is 3.23 bits per heavy atom. The number of hydrogen-bond acceptors (Lipinski definition) is 4. The van der Waals surface area contributed by atoms with Crippen molar-refractivity contribution in [2.45, 2.75) is 25.9 Å². The van der Waals surface area contributed by atoms with E-state index < -0.39 is 0 Å². The molecule has 2 nitrogen and oxygen atoms in total. The third-order valence-corrected chi connectivity index (χ3v) is 4.27. The van der Waals surface area contributed by atoms with Gasteiger partial charge in [-0.2, -0.15) is 11.8 Å². The van der Waals surface area contributed by atoms with Crippen LogP contribution in [0.4, 0.5) is 0 Å². The molecular weight excluding hydrogens is 200 g/mol. The summed E-state index contributed by atoms with van der Waals surface area (Å²) in [5, 5.41) is 6.87. The number of thiazole rings is 1. The zero-order chi connectivity index (χ0) is 9.10. The van der Waals surface area contributed by atoms with Gasteiger partial charge in [0.05, 0.1) is 0 Å². The van der Waals surface area contributed by atoms with Gasteiger partial charge >= 0.3 is 0 Å². The Labute approximate surface area is 87.1 Å². The van der Waals surface area contributed by atoms with E-state index in [1.165, 1.54) is 22.9 Å². The van der Waals surface area contributed by atoms with Crippen molar-refractivity contribution in [2.24, 2.45) is 0 Å². The van der Waals surface area contributed by atoms with E-state index in [-0.39, 0.29) is 0 Å². The van der Waals surface area contributed by atoms with E-state index in [0.717, 1.165) is 12.2 Å². The van der Waals surface area contributed by atoms with Crippen LogP contribution in [0, 0.1) is 6.92 Å². The van der Waals surface area contributed by atoms with Crippen molar-refractivity contribution < 1.29 is 0 Å². The van der Waals surface area contributed by atoms with Gasteiger partial charge in [0.25, 0.3) is 0 Å². The van der Waals surface area contributed by atoms with Crippen LogP contribution in [-0.4, -0.2) is 22.5 Å². The van der Waals surface area contributed by atoms with Crippen molar-refractivity contribution in [3.63, 3.8) is 0 Å². The van der Waals surface area contributed by atoms with Gasteiger partial charge in [-0.05, 0) is 19.1 Å². The Morgan fingerprint density at radius 1 is 1.69 bits per heavy atom. The number of nitrogens with one attached hydrogen (secondary N) is 1. The first-order valence-electron chi connectivity index (χ1n) is 4.57. The lowest BCUT2D eigenvalue weighted by molar-refractivity contribution is 0.556. The Hall–Kier alpha value is -0.0600. The lowest BCUT2D eigenvalue weighted by Gasteiger charge is -2.08. The number of aryl methyl sites for hydroxylation is 1. The van der Waals surface area contributed by atoms with Crippen LogP contribution >= 0.6 is 23.1 Å². The fourth-order valence-corrected chi connectivity index (χ4v) is 3.32. The highest BCUT2D eigenvalue weighted by molar-refractivity contribution is 7.99. The summed E-state index contributed by atoms with van der Waals surface area (Å²) in [5.41, 5.74) is 1.14. The maximum absolute atomic E-state index is 4.42. The molecule has 0 amide bonds. The molecule has 0 spiro atoms. The molecule has 1 fully saturated rings. The molecule has 72 valence electrons. The van der Waals surface area contributed by atoms with Crippen LogP contribution in [0.1, 0.15) is 17.1 Å². The third-order valence-electron chi connectivity index (χ3n) is 2.14. The summed E-state index contributed by atoms with van der Waals surface area (Å²) in [5.74, 6) is 2.58. The summed E-state index contributed by atoms with van der Waals surface area (Å²) >= 11 is 3.80. The van der Waals surface area contributed by atoms with Gasteiger partial charge in [-0.25, -0.2) is 4.98 Å². The van der Waals surface area contributed by atoms with E-state index in [4.69, 9.17) is 0 Å². The summed E-state index contributed by atoms with van der Waals surface area (Å²) in [6.45, 7) is 3.00. The first kappa shape index (κ1) is 9.49. The summed E-state index contributed by atoms with van der Waals surface area (Å²) in [7, 11) is 0. The molecule has 2 rings (SSSR count). The lowest BCUT2D eigenvalue weighted by Crippen LogP contribution is -2.27. The number of hydrogen-bond donors (Lipinski definition) is 1. The first-order chi connectivity index (χ1) is 6.34. The van der Waals surface area contributed by atoms with Gasteiger partial charge < -0.3 is 5.32 Å². The lowest BCUT2D eigenvalue weighted by atomic mass is 10.3.